The van der Waals surface area contributed by atoms with Crippen LogP contribution in [0.4, 0.5) is 0 Å². The van der Waals surface area contributed by atoms with Gasteiger partial charge >= 0.3 is 0 Å². The average Bonchev–Trinajstić information content (AvgIpc) is 2.65. The van der Waals surface area contributed by atoms with Gasteiger partial charge in [-0.05, 0) is 210 Å². The van der Waals surface area contributed by atoms with Gasteiger partial charge in [-0.3, -0.25) is 0 Å². The molecular weight excluding hydrogens is 1030 g/mol. The van der Waals surface area contributed by atoms with E-state index in [0.29, 0.717) is 0 Å². The molecule has 3 heterocycles. The van der Waals surface area contributed by atoms with Gasteiger partial charge in [0.25, 0.3) is 0 Å². The van der Waals surface area contributed by atoms with Gasteiger partial charge in [0, 0.05) is 49.4 Å². The van der Waals surface area contributed by atoms with Gasteiger partial charge in [0.05, 0.1) is 33.1 Å². The Bertz CT molecular complexity index is 4860. The highest BCUT2D eigenvalue weighted by Crippen LogP contribution is 2.40. The first kappa shape index (κ1) is 50.0. The van der Waals surface area contributed by atoms with Gasteiger partial charge in [0.2, 0.25) is 0 Å². The number of rotatable bonds is 9. The third kappa shape index (κ3) is 8.66. The minimum absolute atomic E-state index is 1.15. The van der Waals surface area contributed by atoms with Crippen LogP contribution in [0.3, 0.4) is 0 Å². The highest BCUT2D eigenvalue weighted by molar-refractivity contribution is 6.12. The highest BCUT2D eigenvalue weighted by atomic mass is 15.0. The van der Waals surface area contributed by atoms with Crippen molar-refractivity contribution in [2.75, 3.05) is 0 Å². The largest absolute Gasteiger partial charge is 0.309 e. The van der Waals surface area contributed by atoms with E-state index in [4.69, 9.17) is 0 Å². The molecule has 0 aliphatic heterocycles. The van der Waals surface area contributed by atoms with E-state index in [9.17, 15) is 0 Å². The van der Waals surface area contributed by atoms with Gasteiger partial charge in [-0.25, -0.2) is 0 Å². The summed E-state index contributed by atoms with van der Waals surface area (Å²) in [5, 5.41) is 7.71. The summed E-state index contributed by atoms with van der Waals surface area (Å²) < 4.78 is 7.18. The van der Waals surface area contributed by atoms with Gasteiger partial charge in [0.15, 0.2) is 0 Å². The average molecular weight is 1090 g/mol. The monoisotopic (exact) mass is 1090 g/mol. The van der Waals surface area contributed by atoms with Crippen molar-refractivity contribution in [1.29, 1.82) is 0 Å². The number of para-hydroxylation sites is 2. The lowest BCUT2D eigenvalue weighted by Gasteiger charge is -2.14. The summed E-state index contributed by atoms with van der Waals surface area (Å²) in [6.07, 6.45) is 0. The van der Waals surface area contributed by atoms with Crippen LogP contribution in [0.2, 0.25) is 0 Å². The van der Waals surface area contributed by atoms with Crippen molar-refractivity contribution in [1.82, 2.24) is 13.7 Å². The number of aryl methyl sites for hydroxylation is 4. The predicted octanol–water partition coefficient (Wildman–Crippen LogP) is 22.2. The molecule has 3 heteroatoms. The molecule has 85 heavy (non-hydrogen) atoms. The normalized spacial score (nSPS) is 11.8. The highest BCUT2D eigenvalue weighted by Gasteiger charge is 2.17. The van der Waals surface area contributed by atoms with Crippen molar-refractivity contribution in [2.24, 2.45) is 0 Å². The zero-order valence-electron chi connectivity index (χ0n) is 48.0. The zero-order chi connectivity index (χ0) is 56.9. The summed E-state index contributed by atoms with van der Waals surface area (Å²) in [4.78, 5) is 0. The lowest BCUT2D eigenvalue weighted by atomic mass is 9.91. The Morgan fingerprint density at radius 1 is 0.165 bits per heavy atom. The first-order valence-corrected chi connectivity index (χ1v) is 29.5. The molecule has 3 nitrogen and oxygen atoms in total. The molecule has 402 valence electrons. The van der Waals surface area contributed by atoms with E-state index < -0.39 is 0 Å². The Hall–Kier alpha value is -10.7. The van der Waals surface area contributed by atoms with Crippen molar-refractivity contribution in [3.63, 3.8) is 0 Å². The molecule has 3 aromatic heterocycles. The first-order chi connectivity index (χ1) is 41.7. The molecule has 0 N–H and O–H groups in total. The topological polar surface area (TPSA) is 14.8 Å². The van der Waals surface area contributed by atoms with Crippen LogP contribution in [0.1, 0.15) is 22.3 Å². The molecule has 16 rings (SSSR count). The number of hydrogen-bond acceptors (Lipinski definition) is 0. The maximum absolute atomic E-state index is 2.40. The molecule has 0 fully saturated rings. The zero-order valence-corrected chi connectivity index (χ0v) is 48.0. The SMILES string of the molecule is Cc1ccc2c(c1)c1cc(C)ccc1n2-c1ccc(-c2ccc(-c3cc(-c4ccc(-c5ccc(-n6c7ccccc7c7ccccc76)cc5)cc4)cc(-c4ccc(-c5ccc(-n6c7ccc(C)cc7c7cc(C)ccc76)cc5)cc4)c3)cc2)cc1. The Morgan fingerprint density at radius 3 is 0.612 bits per heavy atom. The molecule has 0 aliphatic carbocycles. The molecule has 0 radical (unpaired) electrons. The van der Waals surface area contributed by atoms with E-state index in [2.05, 4.69) is 327 Å². The van der Waals surface area contributed by atoms with Gasteiger partial charge in [-0.15, -0.1) is 0 Å². The summed E-state index contributed by atoms with van der Waals surface area (Å²) in [6, 6.07) is 106. The molecule has 0 saturated heterocycles. The first-order valence-electron chi connectivity index (χ1n) is 29.5. The van der Waals surface area contributed by atoms with Crippen LogP contribution in [0, 0.1) is 27.7 Å². The van der Waals surface area contributed by atoms with E-state index >= 15 is 0 Å². The lowest BCUT2D eigenvalue weighted by molar-refractivity contribution is 1.18. The fraction of sp³-hybridized carbons (Fsp3) is 0.0488. The number of aromatic nitrogens is 3. The Morgan fingerprint density at radius 2 is 0.365 bits per heavy atom. The van der Waals surface area contributed by atoms with Gasteiger partial charge < -0.3 is 13.7 Å². The van der Waals surface area contributed by atoms with Gasteiger partial charge in [0.1, 0.15) is 0 Å². The summed E-state index contributed by atoms with van der Waals surface area (Å²) in [5.74, 6) is 0. The second-order valence-corrected chi connectivity index (χ2v) is 23.3. The third-order valence-electron chi connectivity index (χ3n) is 17.7. The molecule has 0 unspecified atom stereocenters. The summed E-state index contributed by atoms with van der Waals surface area (Å²) in [7, 11) is 0. The maximum Gasteiger partial charge on any atom is 0.0541 e. The molecule has 0 amide bonds. The van der Waals surface area contributed by atoms with Crippen molar-refractivity contribution in [3.05, 3.63) is 307 Å². The van der Waals surface area contributed by atoms with E-state index in [0.717, 1.165) is 17.1 Å². The smallest absolute Gasteiger partial charge is 0.0541 e. The van der Waals surface area contributed by atoms with Crippen LogP contribution in [-0.2, 0) is 0 Å². The van der Waals surface area contributed by atoms with E-state index in [1.807, 2.05) is 0 Å². The summed E-state index contributed by atoms with van der Waals surface area (Å²) >= 11 is 0. The molecule has 13 aromatic carbocycles. The maximum atomic E-state index is 2.40. The Kier molecular flexibility index (Phi) is 11.8. The second-order valence-electron chi connectivity index (χ2n) is 23.3. The molecular formula is C82H59N3. The summed E-state index contributed by atoms with van der Waals surface area (Å²) in [6.45, 7) is 8.70. The van der Waals surface area contributed by atoms with Crippen molar-refractivity contribution in [2.45, 2.75) is 27.7 Å². The lowest BCUT2D eigenvalue weighted by Crippen LogP contribution is -1.94. The molecule has 0 aliphatic rings. The molecule has 16 aromatic rings. The molecule has 0 atom stereocenters. The quantitative estimate of drug-likeness (QED) is 0.137. The fourth-order valence-corrected chi connectivity index (χ4v) is 13.4. The van der Waals surface area contributed by atoms with Crippen molar-refractivity contribution in [3.8, 4) is 83.8 Å². The fourth-order valence-electron chi connectivity index (χ4n) is 13.4. The van der Waals surface area contributed by atoms with Crippen LogP contribution in [-0.4, -0.2) is 13.7 Å². The molecule has 0 saturated carbocycles. The predicted molar refractivity (Wildman–Crippen MR) is 361 cm³/mol. The molecule has 0 spiro atoms. The summed E-state index contributed by atoms with van der Waals surface area (Å²) in [5.41, 5.74) is 30.0. The van der Waals surface area contributed by atoms with Gasteiger partial charge in [-0.2, -0.15) is 0 Å². The van der Waals surface area contributed by atoms with Crippen LogP contribution >= 0.6 is 0 Å². The number of benzene rings is 13. The standard InChI is InChI=1S/C82H59N3/c1-52-13-41-79-73(45-52)74-46-53(2)14-42-80(74)84(79)69-37-31-60(32-38-69)57-19-25-63(26-20-57)66-49-65(62-23-17-56(18-24-62)59-29-35-68(36-30-59)83-77-11-7-5-9-71(77)72-10-6-8-12-78(72)83)50-67(51-66)64-27-21-58(22-28-64)61-33-39-70(40-34-61)85-81-43-15-54(3)47-75(81)76-48-55(4)16-44-82(76)85/h5-51H,1-4H3. The van der Waals surface area contributed by atoms with Crippen LogP contribution < -0.4 is 0 Å². The van der Waals surface area contributed by atoms with Crippen LogP contribution in [0.15, 0.2) is 285 Å². The number of hydrogen-bond donors (Lipinski definition) is 0. The van der Waals surface area contributed by atoms with E-state index in [-0.39, 0.29) is 0 Å². The minimum Gasteiger partial charge on any atom is -0.309 e. The second kappa shape index (κ2) is 20.0. The van der Waals surface area contributed by atoms with E-state index in [1.54, 1.807) is 0 Å². The minimum atomic E-state index is 1.15. The number of fused-ring (bicyclic) bond motifs is 9. The molecule has 0 bridgehead atoms. The van der Waals surface area contributed by atoms with Crippen molar-refractivity contribution < 1.29 is 0 Å². The Balaban J connectivity index is 0.723. The number of nitrogens with zero attached hydrogens (tertiary/aromatic N) is 3. The van der Waals surface area contributed by atoms with Crippen LogP contribution in [0.25, 0.3) is 149 Å². The Labute approximate surface area is 495 Å². The van der Waals surface area contributed by atoms with Gasteiger partial charge in [-0.1, -0.05) is 192 Å². The van der Waals surface area contributed by atoms with Crippen LogP contribution in [0.5, 0.6) is 0 Å². The van der Waals surface area contributed by atoms with E-state index in [1.165, 1.54) is 154 Å². The van der Waals surface area contributed by atoms with Crippen molar-refractivity contribution >= 4 is 65.4 Å². The third-order valence-corrected chi connectivity index (χ3v) is 17.7.